The molecule has 2 unspecified atom stereocenters. The molecule has 2 rings (SSSR count). The minimum absolute atomic E-state index is 0.376. The van der Waals surface area contributed by atoms with Gasteiger partial charge in [-0.15, -0.1) is 0 Å². The zero-order valence-electron chi connectivity index (χ0n) is 9.53. The monoisotopic (exact) mass is 208 g/mol. The lowest BCUT2D eigenvalue weighted by molar-refractivity contribution is 0.408. The first-order valence-corrected chi connectivity index (χ1v) is 5.69. The van der Waals surface area contributed by atoms with E-state index >= 15 is 0 Å². The number of aryl methyl sites for hydroxylation is 1. The molecule has 1 aliphatic rings. The maximum absolute atomic E-state index is 5.63. The van der Waals surface area contributed by atoms with Gasteiger partial charge in [0.05, 0.1) is 6.20 Å². The van der Waals surface area contributed by atoms with E-state index in [9.17, 15) is 0 Å². The quantitative estimate of drug-likeness (QED) is 0.770. The molecular formula is C11H20N4. The number of fused-ring (bicyclic) bond motifs is 1. The predicted molar refractivity (Wildman–Crippen MR) is 60.5 cm³/mol. The predicted octanol–water partition coefficient (Wildman–Crippen LogP) is 0.734. The third-order valence-corrected chi connectivity index (χ3v) is 3.21. The summed E-state index contributed by atoms with van der Waals surface area (Å²) in [5.74, 6) is 0. The van der Waals surface area contributed by atoms with E-state index in [2.05, 4.69) is 17.3 Å². The van der Waals surface area contributed by atoms with Crippen LogP contribution < -0.4 is 11.1 Å². The highest BCUT2D eigenvalue weighted by Crippen LogP contribution is 2.29. The number of nitrogens with two attached hydrogens (primary N) is 1. The molecule has 1 aromatic rings. The molecule has 84 valence electrons. The first kappa shape index (κ1) is 10.6. The summed E-state index contributed by atoms with van der Waals surface area (Å²) in [5, 5.41) is 7.89. The standard InChI is InChI=1S/C11H20N4/c1-8(6-12)14-10-4-3-5-11-9(10)7-13-15(11)2/h7-8,10,14H,3-6,12H2,1-2H3. The summed E-state index contributed by atoms with van der Waals surface area (Å²) in [6.07, 6.45) is 5.58. The van der Waals surface area contributed by atoms with Crippen LogP contribution in [-0.4, -0.2) is 22.4 Å². The Labute approximate surface area is 90.8 Å². The molecule has 0 aliphatic heterocycles. The summed E-state index contributed by atoms with van der Waals surface area (Å²) < 4.78 is 2.00. The van der Waals surface area contributed by atoms with E-state index in [4.69, 9.17) is 5.73 Å². The normalized spacial score (nSPS) is 22.5. The molecule has 0 radical (unpaired) electrons. The van der Waals surface area contributed by atoms with Crippen molar-refractivity contribution >= 4 is 0 Å². The van der Waals surface area contributed by atoms with Gasteiger partial charge in [-0.2, -0.15) is 5.10 Å². The van der Waals surface area contributed by atoms with Crippen LogP contribution in [0.4, 0.5) is 0 Å². The first-order chi connectivity index (χ1) is 7.22. The molecule has 2 atom stereocenters. The Balaban J connectivity index is 2.15. The highest BCUT2D eigenvalue weighted by molar-refractivity contribution is 5.24. The van der Waals surface area contributed by atoms with Crippen LogP contribution in [0, 0.1) is 0 Å². The Hall–Kier alpha value is -0.870. The zero-order chi connectivity index (χ0) is 10.8. The summed E-state index contributed by atoms with van der Waals surface area (Å²) >= 11 is 0. The first-order valence-electron chi connectivity index (χ1n) is 5.69. The van der Waals surface area contributed by atoms with Gasteiger partial charge in [-0.3, -0.25) is 4.68 Å². The molecule has 0 fully saturated rings. The Morgan fingerprint density at radius 1 is 1.73 bits per heavy atom. The molecule has 0 saturated heterocycles. The smallest absolute Gasteiger partial charge is 0.0540 e. The number of aromatic nitrogens is 2. The molecule has 0 amide bonds. The van der Waals surface area contributed by atoms with Gasteiger partial charge in [0.2, 0.25) is 0 Å². The zero-order valence-corrected chi connectivity index (χ0v) is 9.53. The fraction of sp³-hybridized carbons (Fsp3) is 0.727. The summed E-state index contributed by atoms with van der Waals surface area (Å²) in [6, 6.07) is 0.821. The third-order valence-electron chi connectivity index (χ3n) is 3.21. The van der Waals surface area contributed by atoms with Gasteiger partial charge in [-0.25, -0.2) is 0 Å². The van der Waals surface area contributed by atoms with Gasteiger partial charge >= 0.3 is 0 Å². The lowest BCUT2D eigenvalue weighted by Crippen LogP contribution is -2.37. The van der Waals surface area contributed by atoms with Gasteiger partial charge < -0.3 is 11.1 Å². The molecule has 0 spiro atoms. The third kappa shape index (κ3) is 2.06. The highest BCUT2D eigenvalue weighted by atomic mass is 15.3. The Morgan fingerprint density at radius 2 is 2.53 bits per heavy atom. The van der Waals surface area contributed by atoms with Gasteiger partial charge in [-0.05, 0) is 26.2 Å². The molecule has 0 bridgehead atoms. The average Bonchev–Trinajstić information content (AvgIpc) is 2.62. The van der Waals surface area contributed by atoms with Gasteiger partial charge in [-0.1, -0.05) is 0 Å². The van der Waals surface area contributed by atoms with Crippen molar-refractivity contribution in [3.63, 3.8) is 0 Å². The van der Waals surface area contributed by atoms with Crippen LogP contribution in [0.15, 0.2) is 6.20 Å². The van der Waals surface area contributed by atoms with Crippen LogP contribution in [0.1, 0.15) is 37.1 Å². The fourth-order valence-corrected chi connectivity index (χ4v) is 2.29. The van der Waals surface area contributed by atoms with Crippen molar-refractivity contribution in [3.05, 3.63) is 17.5 Å². The molecule has 1 aromatic heterocycles. The Morgan fingerprint density at radius 3 is 3.27 bits per heavy atom. The highest BCUT2D eigenvalue weighted by Gasteiger charge is 2.23. The van der Waals surface area contributed by atoms with E-state index in [1.807, 2.05) is 17.9 Å². The van der Waals surface area contributed by atoms with E-state index in [-0.39, 0.29) is 0 Å². The molecule has 4 heteroatoms. The van der Waals surface area contributed by atoms with Crippen LogP contribution in [0.5, 0.6) is 0 Å². The van der Waals surface area contributed by atoms with E-state index in [1.54, 1.807) is 0 Å². The maximum atomic E-state index is 5.63. The molecule has 1 aliphatic carbocycles. The van der Waals surface area contributed by atoms with Crippen molar-refractivity contribution < 1.29 is 0 Å². The maximum Gasteiger partial charge on any atom is 0.0540 e. The van der Waals surface area contributed by atoms with Crippen molar-refractivity contribution in [2.75, 3.05) is 6.54 Å². The largest absolute Gasteiger partial charge is 0.329 e. The molecule has 0 aromatic carbocycles. The number of nitrogens with one attached hydrogen (secondary N) is 1. The molecule has 0 saturated carbocycles. The van der Waals surface area contributed by atoms with Crippen LogP contribution in [-0.2, 0) is 13.5 Å². The van der Waals surface area contributed by atoms with Gasteiger partial charge in [0.15, 0.2) is 0 Å². The van der Waals surface area contributed by atoms with E-state index in [1.165, 1.54) is 24.1 Å². The number of hydrogen-bond donors (Lipinski definition) is 2. The minimum atomic E-state index is 0.376. The lowest BCUT2D eigenvalue weighted by atomic mass is 9.92. The van der Waals surface area contributed by atoms with Gasteiger partial charge in [0, 0.05) is 36.9 Å². The van der Waals surface area contributed by atoms with E-state index in [0.717, 1.165) is 6.42 Å². The number of hydrogen-bond acceptors (Lipinski definition) is 3. The van der Waals surface area contributed by atoms with Crippen molar-refractivity contribution in [2.24, 2.45) is 12.8 Å². The van der Waals surface area contributed by atoms with Crippen molar-refractivity contribution in [2.45, 2.75) is 38.3 Å². The van der Waals surface area contributed by atoms with Crippen LogP contribution in [0.25, 0.3) is 0 Å². The van der Waals surface area contributed by atoms with Crippen LogP contribution in [0.2, 0.25) is 0 Å². The molecule has 1 heterocycles. The lowest BCUT2D eigenvalue weighted by Gasteiger charge is -2.26. The average molecular weight is 208 g/mol. The SMILES string of the molecule is CC(CN)NC1CCCc2c1cnn2C. The topological polar surface area (TPSA) is 55.9 Å². The molecule has 15 heavy (non-hydrogen) atoms. The Bertz CT molecular complexity index is 331. The second-order valence-corrected chi connectivity index (χ2v) is 4.42. The molecular weight excluding hydrogens is 188 g/mol. The fourth-order valence-electron chi connectivity index (χ4n) is 2.29. The summed E-state index contributed by atoms with van der Waals surface area (Å²) in [5.41, 5.74) is 8.37. The van der Waals surface area contributed by atoms with Crippen molar-refractivity contribution in [1.29, 1.82) is 0 Å². The summed E-state index contributed by atoms with van der Waals surface area (Å²) in [6.45, 7) is 2.82. The van der Waals surface area contributed by atoms with Crippen LogP contribution >= 0.6 is 0 Å². The molecule has 3 N–H and O–H groups in total. The summed E-state index contributed by atoms with van der Waals surface area (Å²) in [7, 11) is 2.02. The second-order valence-electron chi connectivity index (χ2n) is 4.42. The minimum Gasteiger partial charge on any atom is -0.329 e. The summed E-state index contributed by atoms with van der Waals surface area (Å²) in [4.78, 5) is 0. The molecule has 4 nitrogen and oxygen atoms in total. The van der Waals surface area contributed by atoms with Crippen molar-refractivity contribution in [1.82, 2.24) is 15.1 Å². The van der Waals surface area contributed by atoms with E-state index in [0.29, 0.717) is 18.6 Å². The number of rotatable bonds is 3. The van der Waals surface area contributed by atoms with E-state index < -0.39 is 0 Å². The van der Waals surface area contributed by atoms with Gasteiger partial charge in [0.1, 0.15) is 0 Å². The second kappa shape index (κ2) is 4.33. The van der Waals surface area contributed by atoms with Crippen LogP contribution in [0.3, 0.4) is 0 Å². The number of nitrogens with zero attached hydrogens (tertiary/aromatic N) is 2. The van der Waals surface area contributed by atoms with Gasteiger partial charge in [0.25, 0.3) is 0 Å². The van der Waals surface area contributed by atoms with Crippen molar-refractivity contribution in [3.8, 4) is 0 Å². The Kier molecular flexibility index (Phi) is 3.07.